The van der Waals surface area contributed by atoms with Gasteiger partial charge in [0.2, 0.25) is 11.8 Å². The molecule has 2 aromatic carbocycles. The Hall–Kier alpha value is -2.57. The number of nitrogens with one attached hydrogen (secondary N) is 1. The molecule has 2 aromatic rings. The highest BCUT2D eigenvalue weighted by molar-refractivity contribution is 5.85. The Morgan fingerprint density at radius 1 is 1.13 bits per heavy atom. The van der Waals surface area contributed by atoms with Gasteiger partial charge in [0.1, 0.15) is 5.75 Å². The number of nitrogens with two attached hydrogens (primary N) is 1. The van der Waals surface area contributed by atoms with Crippen LogP contribution in [0.5, 0.6) is 5.75 Å². The van der Waals surface area contributed by atoms with Crippen molar-refractivity contribution < 1.29 is 14.3 Å². The lowest BCUT2D eigenvalue weighted by Gasteiger charge is -2.24. The van der Waals surface area contributed by atoms with Gasteiger partial charge in [0, 0.05) is 37.5 Å². The molecule has 7 heteroatoms. The average molecular weight is 432 g/mol. The molecule has 2 amide bonds. The first-order chi connectivity index (χ1) is 14.0. The molecule has 162 valence electrons. The Labute approximate surface area is 184 Å². The number of amides is 2. The highest BCUT2D eigenvalue weighted by atomic mass is 35.5. The van der Waals surface area contributed by atoms with E-state index in [0.717, 1.165) is 11.1 Å². The maximum absolute atomic E-state index is 13.1. The summed E-state index contributed by atoms with van der Waals surface area (Å²) in [5, 5.41) is 2.91. The van der Waals surface area contributed by atoms with Gasteiger partial charge >= 0.3 is 0 Å². The Balaban J connectivity index is 0.00000320. The summed E-state index contributed by atoms with van der Waals surface area (Å²) in [5.41, 5.74) is 8.30. The average Bonchev–Trinajstić information content (AvgIpc) is 3.10. The van der Waals surface area contributed by atoms with Crippen molar-refractivity contribution in [3.05, 3.63) is 65.7 Å². The van der Waals surface area contributed by atoms with Crippen molar-refractivity contribution in [2.24, 2.45) is 5.73 Å². The lowest BCUT2D eigenvalue weighted by Crippen LogP contribution is -2.36. The van der Waals surface area contributed by atoms with Gasteiger partial charge in [-0.25, -0.2) is 0 Å². The molecule has 1 unspecified atom stereocenters. The summed E-state index contributed by atoms with van der Waals surface area (Å²) in [6, 6.07) is 17.0. The van der Waals surface area contributed by atoms with Gasteiger partial charge in [-0.1, -0.05) is 48.5 Å². The molecule has 3 rings (SSSR count). The number of likely N-dealkylation sites (tertiary alicyclic amines) is 1. The zero-order chi connectivity index (χ0) is 20.8. The minimum absolute atomic E-state index is 0. The summed E-state index contributed by atoms with van der Waals surface area (Å²) >= 11 is 0. The minimum Gasteiger partial charge on any atom is -0.494 e. The first-order valence-electron chi connectivity index (χ1n) is 10.1. The lowest BCUT2D eigenvalue weighted by molar-refractivity contribution is -0.131. The van der Waals surface area contributed by atoms with Crippen LogP contribution in [0.25, 0.3) is 0 Å². The first-order valence-corrected chi connectivity index (χ1v) is 10.1. The molecule has 1 fully saturated rings. The number of rotatable bonds is 7. The van der Waals surface area contributed by atoms with Crippen LogP contribution in [0, 0.1) is 0 Å². The maximum atomic E-state index is 13.1. The molecule has 1 aliphatic heterocycles. The van der Waals surface area contributed by atoms with Crippen molar-refractivity contribution in [2.45, 2.75) is 38.3 Å². The number of para-hydroxylation sites is 1. The molecular formula is C23H30ClN3O3. The van der Waals surface area contributed by atoms with Crippen molar-refractivity contribution in [3.63, 3.8) is 0 Å². The molecule has 1 heterocycles. The normalized spacial score (nSPS) is 19.0. The number of nitrogens with zero attached hydrogens (tertiary/aromatic N) is 1. The second-order valence-electron chi connectivity index (χ2n) is 7.41. The molecule has 1 saturated heterocycles. The Bertz CT molecular complexity index is 847. The van der Waals surface area contributed by atoms with Crippen LogP contribution in [-0.4, -0.2) is 42.5 Å². The monoisotopic (exact) mass is 431 g/mol. The van der Waals surface area contributed by atoms with Crippen LogP contribution in [0.4, 0.5) is 0 Å². The highest BCUT2D eigenvalue weighted by Crippen LogP contribution is 2.31. The van der Waals surface area contributed by atoms with Gasteiger partial charge in [-0.05, 0) is 18.6 Å². The SMILES string of the molecule is CCOc1ccccc1C(CC(=O)N1C[C@@H](N)[C@H](c2ccccc2)C1)NC(C)=O.Cl. The van der Waals surface area contributed by atoms with Gasteiger partial charge in [0.05, 0.1) is 19.1 Å². The standard InChI is InChI=1S/C23H29N3O3.ClH/c1-3-29-22-12-8-7-11-18(22)21(25-16(2)27)13-23(28)26-14-19(20(24)15-26)17-9-5-4-6-10-17;/h4-12,19-21H,3,13-15,24H2,1-2H3,(H,25,27);1H/t19-,20+,21?;/m0./s1. The van der Waals surface area contributed by atoms with Gasteiger partial charge in [0.15, 0.2) is 0 Å². The Kier molecular flexibility index (Phi) is 8.69. The first kappa shape index (κ1) is 23.7. The molecular weight excluding hydrogens is 402 g/mol. The zero-order valence-corrected chi connectivity index (χ0v) is 18.2. The third kappa shape index (κ3) is 5.74. The number of carbonyl (C=O) groups excluding carboxylic acids is 2. The van der Waals surface area contributed by atoms with Crippen molar-refractivity contribution in [2.75, 3.05) is 19.7 Å². The highest BCUT2D eigenvalue weighted by Gasteiger charge is 2.35. The number of carbonyl (C=O) groups is 2. The Morgan fingerprint density at radius 3 is 2.47 bits per heavy atom. The van der Waals surface area contributed by atoms with E-state index in [1.54, 1.807) is 4.90 Å². The van der Waals surface area contributed by atoms with E-state index in [-0.39, 0.29) is 42.6 Å². The van der Waals surface area contributed by atoms with Gasteiger partial charge in [-0.15, -0.1) is 12.4 Å². The van der Waals surface area contributed by atoms with Crippen molar-refractivity contribution in [1.82, 2.24) is 10.2 Å². The molecule has 0 radical (unpaired) electrons. The van der Waals surface area contributed by atoms with E-state index in [0.29, 0.717) is 25.4 Å². The van der Waals surface area contributed by atoms with E-state index >= 15 is 0 Å². The predicted molar refractivity (Wildman–Crippen MR) is 120 cm³/mol. The van der Waals surface area contributed by atoms with Crippen molar-refractivity contribution in [3.8, 4) is 5.75 Å². The molecule has 0 aliphatic carbocycles. The van der Waals surface area contributed by atoms with E-state index in [1.807, 2.05) is 49.4 Å². The summed E-state index contributed by atoms with van der Waals surface area (Å²) in [6.07, 6.45) is 0.165. The zero-order valence-electron chi connectivity index (χ0n) is 17.4. The molecule has 0 aromatic heterocycles. The van der Waals surface area contributed by atoms with Crippen LogP contribution in [-0.2, 0) is 9.59 Å². The molecule has 1 aliphatic rings. The predicted octanol–water partition coefficient (Wildman–Crippen LogP) is 3.03. The minimum atomic E-state index is -0.449. The van der Waals surface area contributed by atoms with Gasteiger partial charge in [-0.2, -0.15) is 0 Å². The quantitative estimate of drug-likeness (QED) is 0.705. The summed E-state index contributed by atoms with van der Waals surface area (Å²) < 4.78 is 5.70. The molecule has 0 saturated carbocycles. The van der Waals surface area contributed by atoms with Crippen molar-refractivity contribution in [1.29, 1.82) is 0 Å². The third-order valence-electron chi connectivity index (χ3n) is 5.30. The molecule has 6 nitrogen and oxygen atoms in total. The van der Waals surface area contributed by atoms with Gasteiger partial charge in [0.25, 0.3) is 0 Å². The van der Waals surface area contributed by atoms with E-state index in [9.17, 15) is 9.59 Å². The molecule has 0 spiro atoms. The second-order valence-corrected chi connectivity index (χ2v) is 7.41. The smallest absolute Gasteiger partial charge is 0.225 e. The van der Waals surface area contributed by atoms with Crippen LogP contribution < -0.4 is 15.8 Å². The van der Waals surface area contributed by atoms with E-state index in [1.165, 1.54) is 6.92 Å². The molecule has 3 atom stereocenters. The number of benzene rings is 2. The van der Waals surface area contributed by atoms with Gasteiger partial charge < -0.3 is 20.7 Å². The number of hydrogen-bond donors (Lipinski definition) is 2. The number of ether oxygens (including phenoxy) is 1. The van der Waals surface area contributed by atoms with Crippen LogP contribution in [0.1, 0.15) is 43.4 Å². The third-order valence-corrected chi connectivity index (χ3v) is 5.30. The fourth-order valence-corrected chi connectivity index (χ4v) is 3.93. The summed E-state index contributed by atoms with van der Waals surface area (Å²) in [7, 11) is 0. The van der Waals surface area contributed by atoms with Crippen molar-refractivity contribution >= 4 is 24.2 Å². The largest absolute Gasteiger partial charge is 0.494 e. The fraction of sp³-hybridized carbons (Fsp3) is 0.391. The van der Waals surface area contributed by atoms with Crippen LogP contribution in [0.3, 0.4) is 0 Å². The van der Waals surface area contributed by atoms with Crippen LogP contribution in [0.15, 0.2) is 54.6 Å². The molecule has 30 heavy (non-hydrogen) atoms. The fourth-order valence-electron chi connectivity index (χ4n) is 3.93. The number of halogens is 1. The summed E-state index contributed by atoms with van der Waals surface area (Å²) in [5.74, 6) is 0.593. The lowest BCUT2D eigenvalue weighted by atomic mass is 9.95. The summed E-state index contributed by atoms with van der Waals surface area (Å²) in [4.78, 5) is 26.7. The van der Waals surface area contributed by atoms with E-state index in [2.05, 4.69) is 17.4 Å². The topological polar surface area (TPSA) is 84.7 Å². The van der Waals surface area contributed by atoms with Crippen LogP contribution in [0.2, 0.25) is 0 Å². The Morgan fingerprint density at radius 2 is 1.80 bits per heavy atom. The molecule has 0 bridgehead atoms. The second kappa shape index (κ2) is 11.0. The van der Waals surface area contributed by atoms with E-state index < -0.39 is 6.04 Å². The van der Waals surface area contributed by atoms with E-state index in [4.69, 9.17) is 10.5 Å². The van der Waals surface area contributed by atoms with Gasteiger partial charge in [-0.3, -0.25) is 9.59 Å². The molecule has 3 N–H and O–H groups in total. The summed E-state index contributed by atoms with van der Waals surface area (Å²) in [6.45, 7) is 4.97. The number of hydrogen-bond acceptors (Lipinski definition) is 4. The van der Waals surface area contributed by atoms with Crippen LogP contribution >= 0.6 is 12.4 Å². The maximum Gasteiger partial charge on any atom is 0.225 e.